The number of pyridine rings is 1. The van der Waals surface area contributed by atoms with E-state index in [-0.39, 0.29) is 16.8 Å². The fourth-order valence-corrected chi connectivity index (χ4v) is 2.64. The van der Waals surface area contributed by atoms with E-state index in [1.54, 1.807) is 0 Å². The average molecular weight is 356 g/mol. The molecule has 0 spiro atoms. The smallest absolute Gasteiger partial charge is 0.354 e. The van der Waals surface area contributed by atoms with Gasteiger partial charge in [0.2, 0.25) is 0 Å². The Labute approximate surface area is 151 Å². The number of nitrogens with one attached hydrogen (secondary N) is 1. The first-order chi connectivity index (χ1) is 12.4. The maximum Gasteiger partial charge on any atom is 0.354 e. The summed E-state index contributed by atoms with van der Waals surface area (Å²) in [6.45, 7) is 5.40. The van der Waals surface area contributed by atoms with Gasteiger partial charge in [0, 0.05) is 12.0 Å². The Morgan fingerprint density at radius 2 is 1.81 bits per heavy atom. The summed E-state index contributed by atoms with van der Waals surface area (Å²) in [4.78, 5) is 27.2. The number of carbonyl (C=O) groups is 2. The van der Waals surface area contributed by atoms with Crippen molar-refractivity contribution in [2.75, 3.05) is 19.8 Å². The van der Waals surface area contributed by atoms with E-state index in [9.17, 15) is 9.59 Å². The monoisotopic (exact) mass is 356 g/mol. The number of hydrogen-bond acceptors (Lipinski definition) is 5. The third-order valence-electron chi connectivity index (χ3n) is 4.22. The first-order valence-electron chi connectivity index (χ1n) is 8.25. The van der Waals surface area contributed by atoms with Crippen LogP contribution in [0.25, 0.3) is 0 Å². The highest BCUT2D eigenvalue weighted by molar-refractivity contribution is 5.94. The molecule has 0 unspecified atom stereocenters. The van der Waals surface area contributed by atoms with Gasteiger partial charge in [0.05, 0.1) is 0 Å². The highest BCUT2D eigenvalue weighted by Gasteiger charge is 2.24. The zero-order valence-corrected chi connectivity index (χ0v) is 14.6. The standard InChI is InChI=1S/C19H20N2O5/c1-19(2,12-6-7-15-16(10-12)26-9-8-25-15)11-20-17(22)13-4-3-5-14(21-13)18(23)24/h3-7,10H,8-9,11H2,1-2H3,(H,20,22)(H,23,24). The Balaban J connectivity index is 1.70. The molecule has 2 N–H and O–H groups in total. The summed E-state index contributed by atoms with van der Waals surface area (Å²) in [5.74, 6) is -0.173. The molecule has 7 heteroatoms. The third kappa shape index (κ3) is 3.77. The van der Waals surface area contributed by atoms with Crippen molar-refractivity contribution < 1.29 is 24.2 Å². The zero-order valence-electron chi connectivity index (χ0n) is 14.6. The number of rotatable bonds is 5. The molecule has 1 amide bonds. The number of aromatic carboxylic acids is 1. The first-order valence-corrected chi connectivity index (χ1v) is 8.25. The Morgan fingerprint density at radius 3 is 2.54 bits per heavy atom. The van der Waals surface area contributed by atoms with E-state index in [0.29, 0.717) is 25.5 Å². The molecule has 3 rings (SSSR count). The van der Waals surface area contributed by atoms with Gasteiger partial charge in [-0.05, 0) is 29.8 Å². The lowest BCUT2D eigenvalue weighted by Gasteiger charge is -2.27. The second-order valence-electron chi connectivity index (χ2n) is 6.64. The van der Waals surface area contributed by atoms with Crippen LogP contribution in [0.2, 0.25) is 0 Å². The maximum atomic E-state index is 12.3. The molecule has 7 nitrogen and oxygen atoms in total. The van der Waals surface area contributed by atoms with Crippen molar-refractivity contribution in [1.29, 1.82) is 0 Å². The topological polar surface area (TPSA) is 97.8 Å². The summed E-state index contributed by atoms with van der Waals surface area (Å²) >= 11 is 0. The number of fused-ring (bicyclic) bond motifs is 1. The molecule has 2 aromatic rings. The molecule has 0 bridgehead atoms. The lowest BCUT2D eigenvalue weighted by molar-refractivity contribution is 0.0690. The molecule has 0 atom stereocenters. The summed E-state index contributed by atoms with van der Waals surface area (Å²) in [5, 5.41) is 11.8. The zero-order chi connectivity index (χ0) is 18.7. The molecule has 1 aromatic carbocycles. The van der Waals surface area contributed by atoms with Gasteiger partial charge in [-0.15, -0.1) is 0 Å². The normalized spacial score (nSPS) is 13.2. The second-order valence-corrected chi connectivity index (χ2v) is 6.64. The molecule has 1 aliphatic rings. The number of carboxylic acids is 1. The van der Waals surface area contributed by atoms with E-state index in [2.05, 4.69) is 10.3 Å². The number of nitrogens with zero attached hydrogens (tertiary/aromatic N) is 1. The van der Waals surface area contributed by atoms with E-state index in [0.717, 1.165) is 11.3 Å². The van der Waals surface area contributed by atoms with Gasteiger partial charge in [-0.25, -0.2) is 9.78 Å². The predicted molar refractivity (Wildman–Crippen MR) is 94.0 cm³/mol. The summed E-state index contributed by atoms with van der Waals surface area (Å²) < 4.78 is 11.1. The molecule has 0 fully saturated rings. The molecule has 2 heterocycles. The van der Waals surface area contributed by atoms with Gasteiger partial charge in [-0.1, -0.05) is 26.0 Å². The number of carbonyl (C=O) groups excluding carboxylic acids is 1. The van der Waals surface area contributed by atoms with Crippen LogP contribution in [0.1, 0.15) is 40.4 Å². The summed E-state index contributed by atoms with van der Waals surface area (Å²) in [7, 11) is 0. The fourth-order valence-electron chi connectivity index (χ4n) is 2.64. The highest BCUT2D eigenvalue weighted by Crippen LogP contribution is 2.34. The first kappa shape index (κ1) is 17.7. The van der Waals surface area contributed by atoms with E-state index >= 15 is 0 Å². The van der Waals surface area contributed by atoms with Crippen LogP contribution in [0.4, 0.5) is 0 Å². The van der Waals surface area contributed by atoms with Gasteiger partial charge in [0.25, 0.3) is 5.91 Å². The average Bonchev–Trinajstić information content (AvgIpc) is 2.65. The SMILES string of the molecule is CC(C)(CNC(=O)c1cccc(C(=O)O)n1)c1ccc2c(c1)OCCO2. The Morgan fingerprint density at radius 1 is 1.12 bits per heavy atom. The molecule has 0 radical (unpaired) electrons. The molecule has 0 aliphatic carbocycles. The van der Waals surface area contributed by atoms with Crippen LogP contribution in [0.15, 0.2) is 36.4 Å². The van der Waals surface area contributed by atoms with Crippen molar-refractivity contribution in [3.05, 3.63) is 53.3 Å². The fraction of sp³-hybridized carbons (Fsp3) is 0.316. The minimum absolute atomic E-state index is 0.0721. The van der Waals surface area contributed by atoms with Crippen LogP contribution in [0, 0.1) is 0 Å². The van der Waals surface area contributed by atoms with Crippen molar-refractivity contribution in [3.63, 3.8) is 0 Å². The van der Waals surface area contributed by atoms with Crippen LogP contribution in [0.5, 0.6) is 11.5 Å². The van der Waals surface area contributed by atoms with Crippen LogP contribution < -0.4 is 14.8 Å². The Kier molecular flexibility index (Phi) is 4.79. The van der Waals surface area contributed by atoms with Crippen molar-refractivity contribution in [2.24, 2.45) is 0 Å². The van der Waals surface area contributed by atoms with Gasteiger partial charge < -0.3 is 19.9 Å². The molecule has 1 aliphatic heterocycles. The van der Waals surface area contributed by atoms with Crippen molar-refractivity contribution in [2.45, 2.75) is 19.3 Å². The van der Waals surface area contributed by atoms with Crippen molar-refractivity contribution in [1.82, 2.24) is 10.3 Å². The van der Waals surface area contributed by atoms with Crippen LogP contribution in [0.3, 0.4) is 0 Å². The van der Waals surface area contributed by atoms with Crippen LogP contribution in [-0.2, 0) is 5.41 Å². The summed E-state index contributed by atoms with van der Waals surface area (Å²) in [6.07, 6.45) is 0. The van der Waals surface area contributed by atoms with Gasteiger partial charge in [0.15, 0.2) is 11.5 Å². The lowest BCUT2D eigenvalue weighted by Crippen LogP contribution is -2.37. The van der Waals surface area contributed by atoms with Crippen molar-refractivity contribution in [3.8, 4) is 11.5 Å². The van der Waals surface area contributed by atoms with E-state index in [4.69, 9.17) is 14.6 Å². The van der Waals surface area contributed by atoms with Gasteiger partial charge in [-0.2, -0.15) is 0 Å². The molecule has 26 heavy (non-hydrogen) atoms. The molecular weight excluding hydrogens is 336 g/mol. The minimum atomic E-state index is -1.17. The van der Waals surface area contributed by atoms with Crippen molar-refractivity contribution >= 4 is 11.9 Å². The third-order valence-corrected chi connectivity index (χ3v) is 4.22. The van der Waals surface area contributed by atoms with Crippen LogP contribution >= 0.6 is 0 Å². The van der Waals surface area contributed by atoms with E-state index < -0.39 is 11.9 Å². The number of ether oxygens (including phenoxy) is 2. The van der Waals surface area contributed by atoms with Gasteiger partial charge in [-0.3, -0.25) is 4.79 Å². The molecule has 136 valence electrons. The summed E-state index contributed by atoms with van der Waals surface area (Å²) in [6, 6.07) is 10.1. The van der Waals surface area contributed by atoms with E-state index in [1.807, 2.05) is 32.0 Å². The number of carboxylic acid groups (broad SMARTS) is 1. The number of hydrogen-bond donors (Lipinski definition) is 2. The Bertz CT molecular complexity index is 848. The summed E-state index contributed by atoms with van der Waals surface area (Å²) in [5.41, 5.74) is 0.538. The lowest BCUT2D eigenvalue weighted by atomic mass is 9.84. The molecule has 0 saturated heterocycles. The van der Waals surface area contributed by atoms with E-state index in [1.165, 1.54) is 18.2 Å². The molecule has 0 saturated carbocycles. The Hall–Kier alpha value is -3.09. The molecular formula is C19H20N2O5. The molecule has 1 aromatic heterocycles. The van der Waals surface area contributed by atoms with Gasteiger partial charge in [0.1, 0.15) is 24.6 Å². The number of amides is 1. The largest absolute Gasteiger partial charge is 0.486 e. The predicted octanol–water partition coefficient (Wildman–Crippen LogP) is 2.26. The number of benzene rings is 1. The van der Waals surface area contributed by atoms with Crippen LogP contribution in [-0.4, -0.2) is 41.7 Å². The van der Waals surface area contributed by atoms with Gasteiger partial charge >= 0.3 is 5.97 Å². The number of aromatic nitrogens is 1. The second kappa shape index (κ2) is 7.03. The maximum absolute atomic E-state index is 12.3. The highest BCUT2D eigenvalue weighted by atomic mass is 16.6. The quantitative estimate of drug-likeness (QED) is 0.853. The minimum Gasteiger partial charge on any atom is -0.486 e.